The van der Waals surface area contributed by atoms with Crippen LogP contribution in [0.25, 0.3) is 11.0 Å². The zero-order valence-corrected chi connectivity index (χ0v) is 16.6. The number of nitrogens with one attached hydrogen (secondary N) is 1. The largest absolute Gasteiger partial charge is 0.497 e. The van der Waals surface area contributed by atoms with Crippen LogP contribution in [0.1, 0.15) is 28.1 Å². The van der Waals surface area contributed by atoms with Gasteiger partial charge in [0.05, 0.1) is 12.8 Å². The van der Waals surface area contributed by atoms with Crippen molar-refractivity contribution >= 4 is 28.3 Å². The summed E-state index contributed by atoms with van der Waals surface area (Å²) in [6.07, 6.45) is 0.915. The summed E-state index contributed by atoms with van der Waals surface area (Å²) in [4.78, 5) is 25.8. The first-order valence-electron chi connectivity index (χ1n) is 9.70. The number of hydrogen-bond acceptors (Lipinski definition) is 4. The summed E-state index contributed by atoms with van der Waals surface area (Å²) in [5.74, 6) is 0.191. The molecule has 0 atom stereocenters. The van der Waals surface area contributed by atoms with Gasteiger partial charge in [-0.3, -0.25) is 9.59 Å². The first-order chi connectivity index (χ1) is 14.7. The molecule has 0 bridgehead atoms. The molecule has 0 aliphatic rings. The highest BCUT2D eigenvalue weighted by Crippen LogP contribution is 2.33. The van der Waals surface area contributed by atoms with Crippen molar-refractivity contribution in [3.63, 3.8) is 0 Å². The molecule has 4 rings (SSSR count). The third-order valence-electron chi connectivity index (χ3n) is 4.88. The Morgan fingerprint density at radius 1 is 0.933 bits per heavy atom. The Bertz CT molecular complexity index is 1190. The Kier molecular flexibility index (Phi) is 5.61. The number of ketones is 1. The fourth-order valence-corrected chi connectivity index (χ4v) is 3.33. The summed E-state index contributed by atoms with van der Waals surface area (Å²) in [7, 11) is 1.54. The lowest BCUT2D eigenvalue weighted by molar-refractivity contribution is -0.116. The highest BCUT2D eigenvalue weighted by atomic mass is 16.5. The number of methoxy groups -OCH3 is 1. The Labute approximate surface area is 174 Å². The van der Waals surface area contributed by atoms with Gasteiger partial charge in [-0.1, -0.05) is 54.6 Å². The van der Waals surface area contributed by atoms with Gasteiger partial charge in [-0.15, -0.1) is 0 Å². The van der Waals surface area contributed by atoms with Crippen LogP contribution in [0, 0.1) is 0 Å². The van der Waals surface area contributed by atoms with Gasteiger partial charge in [0.25, 0.3) is 0 Å². The molecule has 1 heterocycles. The van der Waals surface area contributed by atoms with Crippen LogP contribution in [0.4, 0.5) is 5.69 Å². The number of benzene rings is 3. The van der Waals surface area contributed by atoms with Gasteiger partial charge in [0, 0.05) is 17.4 Å². The van der Waals surface area contributed by atoms with Gasteiger partial charge in [0.1, 0.15) is 11.3 Å². The monoisotopic (exact) mass is 399 g/mol. The first-order valence-corrected chi connectivity index (χ1v) is 9.70. The highest BCUT2D eigenvalue weighted by molar-refractivity contribution is 6.17. The van der Waals surface area contributed by atoms with Crippen LogP contribution in [0.2, 0.25) is 0 Å². The van der Waals surface area contributed by atoms with E-state index < -0.39 is 0 Å². The van der Waals surface area contributed by atoms with Gasteiger partial charge in [-0.2, -0.15) is 0 Å². The molecule has 1 N–H and O–H groups in total. The quantitative estimate of drug-likeness (QED) is 0.431. The fourth-order valence-electron chi connectivity index (χ4n) is 3.33. The van der Waals surface area contributed by atoms with Crippen LogP contribution < -0.4 is 10.1 Å². The fraction of sp³-hybridized carbons (Fsp3) is 0.120. The average Bonchev–Trinajstić information content (AvgIpc) is 3.16. The number of amides is 1. The minimum absolute atomic E-state index is 0.109. The summed E-state index contributed by atoms with van der Waals surface area (Å²) in [6.45, 7) is 0. The van der Waals surface area contributed by atoms with Crippen molar-refractivity contribution in [2.75, 3.05) is 12.4 Å². The predicted molar refractivity (Wildman–Crippen MR) is 116 cm³/mol. The molecule has 5 heteroatoms. The zero-order chi connectivity index (χ0) is 20.9. The smallest absolute Gasteiger partial charge is 0.230 e. The van der Waals surface area contributed by atoms with Crippen molar-refractivity contribution in [2.45, 2.75) is 12.8 Å². The summed E-state index contributed by atoms with van der Waals surface area (Å²) < 4.78 is 11.1. The van der Waals surface area contributed by atoms with Crippen molar-refractivity contribution in [1.82, 2.24) is 0 Å². The number of anilines is 1. The molecular formula is C25H21NO4. The maximum Gasteiger partial charge on any atom is 0.230 e. The van der Waals surface area contributed by atoms with Gasteiger partial charge in [0.15, 0.2) is 5.76 Å². The van der Waals surface area contributed by atoms with Crippen LogP contribution in [-0.2, 0) is 11.2 Å². The Morgan fingerprint density at radius 2 is 1.70 bits per heavy atom. The maximum absolute atomic E-state index is 13.2. The van der Waals surface area contributed by atoms with E-state index in [0.717, 1.165) is 5.56 Å². The molecule has 0 spiro atoms. The van der Waals surface area contributed by atoms with Crippen molar-refractivity contribution < 1.29 is 18.7 Å². The Morgan fingerprint density at radius 3 is 2.50 bits per heavy atom. The lowest BCUT2D eigenvalue weighted by Crippen LogP contribution is -2.14. The number of aryl methyl sites for hydroxylation is 1. The molecule has 0 aliphatic carbocycles. The van der Waals surface area contributed by atoms with Crippen molar-refractivity contribution in [3.05, 3.63) is 95.7 Å². The molecule has 0 fully saturated rings. The van der Waals surface area contributed by atoms with Crippen LogP contribution >= 0.6 is 0 Å². The van der Waals surface area contributed by atoms with Gasteiger partial charge >= 0.3 is 0 Å². The topological polar surface area (TPSA) is 68.5 Å². The van der Waals surface area contributed by atoms with Crippen LogP contribution in [-0.4, -0.2) is 18.8 Å². The molecule has 0 saturated heterocycles. The third-order valence-corrected chi connectivity index (χ3v) is 4.88. The standard InChI is InChI=1S/C25H21NO4/c1-29-19-11-7-10-18(16-19)24(28)25-23(20-12-5-6-13-21(20)30-25)26-22(27)15-14-17-8-3-2-4-9-17/h2-13,16H,14-15H2,1H3,(H,26,27). The number of carbonyl (C=O) groups excluding carboxylic acids is 2. The SMILES string of the molecule is COc1cccc(C(=O)c2oc3ccccc3c2NC(=O)CCc2ccccc2)c1. The zero-order valence-electron chi connectivity index (χ0n) is 16.6. The van der Waals surface area contributed by atoms with Gasteiger partial charge in [0.2, 0.25) is 11.7 Å². The van der Waals surface area contributed by atoms with E-state index in [0.29, 0.717) is 40.8 Å². The van der Waals surface area contributed by atoms with Crippen LogP contribution in [0.3, 0.4) is 0 Å². The molecule has 1 aromatic heterocycles. The normalized spacial score (nSPS) is 10.7. The summed E-state index contributed by atoms with van der Waals surface area (Å²) in [5.41, 5.74) is 2.45. The number of fused-ring (bicyclic) bond motifs is 1. The van der Waals surface area contributed by atoms with Gasteiger partial charge in [-0.05, 0) is 36.2 Å². The van der Waals surface area contributed by atoms with E-state index in [4.69, 9.17) is 9.15 Å². The van der Waals surface area contributed by atoms with Gasteiger partial charge in [-0.25, -0.2) is 0 Å². The van der Waals surface area contributed by atoms with Crippen LogP contribution in [0.5, 0.6) is 5.75 Å². The number of furan rings is 1. The summed E-state index contributed by atoms with van der Waals surface area (Å²) >= 11 is 0. The number of hydrogen-bond donors (Lipinski definition) is 1. The Hall–Kier alpha value is -3.86. The summed E-state index contributed by atoms with van der Waals surface area (Å²) in [6, 6.07) is 23.9. The molecule has 1 amide bonds. The molecule has 4 aromatic rings. The van der Waals surface area contributed by atoms with E-state index in [9.17, 15) is 9.59 Å². The van der Waals surface area contributed by atoms with E-state index in [-0.39, 0.29) is 17.5 Å². The van der Waals surface area contributed by atoms with Crippen molar-refractivity contribution in [2.24, 2.45) is 0 Å². The van der Waals surface area contributed by atoms with E-state index in [2.05, 4.69) is 5.32 Å². The lowest BCUT2D eigenvalue weighted by atomic mass is 10.1. The highest BCUT2D eigenvalue weighted by Gasteiger charge is 2.23. The third kappa shape index (κ3) is 4.10. The molecule has 0 radical (unpaired) electrons. The molecule has 0 unspecified atom stereocenters. The molecule has 5 nitrogen and oxygen atoms in total. The second-order valence-electron chi connectivity index (χ2n) is 6.90. The minimum atomic E-state index is -0.316. The Balaban J connectivity index is 1.63. The lowest BCUT2D eigenvalue weighted by Gasteiger charge is -2.07. The van der Waals surface area contributed by atoms with Crippen molar-refractivity contribution in [1.29, 1.82) is 0 Å². The number of carbonyl (C=O) groups is 2. The predicted octanol–water partition coefficient (Wildman–Crippen LogP) is 5.24. The first kappa shape index (κ1) is 19.5. The van der Waals surface area contributed by atoms with Crippen LogP contribution in [0.15, 0.2) is 83.3 Å². The van der Waals surface area contributed by atoms with E-state index in [1.165, 1.54) is 0 Å². The molecule has 0 aliphatic heterocycles. The minimum Gasteiger partial charge on any atom is -0.497 e. The van der Waals surface area contributed by atoms with Crippen molar-refractivity contribution in [3.8, 4) is 5.75 Å². The average molecular weight is 399 g/mol. The van der Waals surface area contributed by atoms with E-state index in [1.807, 2.05) is 48.5 Å². The number of rotatable bonds is 7. The second-order valence-corrected chi connectivity index (χ2v) is 6.90. The molecular weight excluding hydrogens is 378 g/mol. The van der Waals surface area contributed by atoms with Gasteiger partial charge < -0.3 is 14.5 Å². The molecule has 0 saturated carbocycles. The van der Waals surface area contributed by atoms with E-state index >= 15 is 0 Å². The van der Waals surface area contributed by atoms with E-state index in [1.54, 1.807) is 37.4 Å². The number of para-hydroxylation sites is 1. The summed E-state index contributed by atoms with van der Waals surface area (Å²) in [5, 5.41) is 3.59. The second kappa shape index (κ2) is 8.66. The number of ether oxygens (including phenoxy) is 1. The molecule has 30 heavy (non-hydrogen) atoms. The molecule has 150 valence electrons. The maximum atomic E-state index is 13.2. The molecule has 3 aromatic carbocycles.